The number of H-pyrrole nitrogens is 1. The molecule has 4 rings (SSSR count). The highest BCUT2D eigenvalue weighted by atomic mass is 32.2. The topological polar surface area (TPSA) is 105 Å². The van der Waals surface area contributed by atoms with Gasteiger partial charge in [0.2, 0.25) is 17.8 Å². The third-order valence-electron chi connectivity index (χ3n) is 5.06. The number of piperidine rings is 1. The van der Waals surface area contributed by atoms with E-state index in [-0.39, 0.29) is 11.7 Å². The second-order valence-corrected chi connectivity index (χ2v) is 8.54. The molecule has 1 fully saturated rings. The Bertz CT molecular complexity index is 975. The smallest absolute Gasteiger partial charge is 0.246 e. The Morgan fingerprint density at radius 3 is 2.70 bits per heavy atom. The van der Waals surface area contributed by atoms with Crippen molar-refractivity contribution in [2.45, 2.75) is 44.2 Å². The summed E-state index contributed by atoms with van der Waals surface area (Å²) in [5, 5.41) is 18.6. The molecule has 0 aliphatic carbocycles. The summed E-state index contributed by atoms with van der Waals surface area (Å²) in [7, 11) is 0. The van der Waals surface area contributed by atoms with Gasteiger partial charge in [-0.1, -0.05) is 37.7 Å². The zero-order chi connectivity index (χ0) is 20.9. The van der Waals surface area contributed by atoms with E-state index in [4.69, 9.17) is 0 Å². The highest BCUT2D eigenvalue weighted by Gasteiger charge is 2.17. The SMILES string of the molecule is CC(C)c1ccc(-n2cnnc2SCC(=O)Nc2nc(N3CCCCC3)n[nH]2)cc1. The summed E-state index contributed by atoms with van der Waals surface area (Å²) in [6, 6.07) is 8.29. The average Bonchev–Trinajstić information content (AvgIpc) is 3.42. The van der Waals surface area contributed by atoms with Crippen molar-refractivity contribution in [3.63, 3.8) is 0 Å². The Labute approximate surface area is 179 Å². The number of nitrogens with zero attached hydrogens (tertiary/aromatic N) is 6. The lowest BCUT2D eigenvalue weighted by atomic mass is 10.0. The second-order valence-electron chi connectivity index (χ2n) is 7.60. The van der Waals surface area contributed by atoms with Gasteiger partial charge in [-0.05, 0) is 42.9 Å². The van der Waals surface area contributed by atoms with E-state index in [1.807, 2.05) is 16.7 Å². The van der Waals surface area contributed by atoms with Crippen LogP contribution in [0.1, 0.15) is 44.6 Å². The Kier molecular flexibility index (Phi) is 6.32. The molecule has 2 aromatic heterocycles. The van der Waals surface area contributed by atoms with Gasteiger partial charge >= 0.3 is 0 Å². The number of benzene rings is 1. The molecule has 3 heterocycles. The number of carbonyl (C=O) groups excluding carboxylic acids is 1. The van der Waals surface area contributed by atoms with Crippen LogP contribution < -0.4 is 10.2 Å². The maximum atomic E-state index is 12.4. The maximum absolute atomic E-state index is 12.4. The van der Waals surface area contributed by atoms with E-state index in [0.717, 1.165) is 31.6 Å². The summed E-state index contributed by atoms with van der Waals surface area (Å²) in [4.78, 5) is 18.9. The van der Waals surface area contributed by atoms with Gasteiger partial charge in [0.15, 0.2) is 5.16 Å². The van der Waals surface area contributed by atoms with Crippen molar-refractivity contribution in [1.82, 2.24) is 29.9 Å². The van der Waals surface area contributed by atoms with Gasteiger partial charge < -0.3 is 4.90 Å². The van der Waals surface area contributed by atoms with Crippen LogP contribution in [-0.4, -0.2) is 54.7 Å². The number of carbonyl (C=O) groups is 1. The normalized spacial score (nSPS) is 14.3. The maximum Gasteiger partial charge on any atom is 0.246 e. The molecule has 0 saturated carbocycles. The lowest BCUT2D eigenvalue weighted by Crippen LogP contribution is -2.30. The summed E-state index contributed by atoms with van der Waals surface area (Å²) in [6.07, 6.45) is 5.20. The van der Waals surface area contributed by atoms with Crippen LogP contribution in [0.5, 0.6) is 0 Å². The fourth-order valence-electron chi connectivity index (χ4n) is 3.36. The Morgan fingerprint density at radius 1 is 1.20 bits per heavy atom. The van der Waals surface area contributed by atoms with Crippen LogP contribution in [0.25, 0.3) is 5.69 Å². The minimum atomic E-state index is -0.175. The van der Waals surface area contributed by atoms with Crippen LogP contribution in [0.2, 0.25) is 0 Å². The number of amides is 1. The average molecular weight is 427 g/mol. The molecule has 1 aliphatic heterocycles. The van der Waals surface area contributed by atoms with E-state index in [9.17, 15) is 4.79 Å². The molecule has 30 heavy (non-hydrogen) atoms. The fraction of sp³-hybridized carbons (Fsp3) is 0.450. The Morgan fingerprint density at radius 2 is 1.97 bits per heavy atom. The van der Waals surface area contributed by atoms with Crippen LogP contribution in [0.15, 0.2) is 35.7 Å². The van der Waals surface area contributed by atoms with Gasteiger partial charge in [0.25, 0.3) is 0 Å². The van der Waals surface area contributed by atoms with Crippen molar-refractivity contribution in [3.05, 3.63) is 36.2 Å². The molecule has 0 radical (unpaired) electrons. The summed E-state index contributed by atoms with van der Waals surface area (Å²) < 4.78 is 1.88. The number of aromatic nitrogens is 6. The first-order chi connectivity index (χ1) is 14.6. The molecule has 158 valence electrons. The van der Waals surface area contributed by atoms with Crippen molar-refractivity contribution >= 4 is 29.6 Å². The molecule has 0 spiro atoms. The zero-order valence-electron chi connectivity index (χ0n) is 17.2. The lowest BCUT2D eigenvalue weighted by Gasteiger charge is -2.24. The second kappa shape index (κ2) is 9.29. The van der Waals surface area contributed by atoms with E-state index in [2.05, 4.69) is 61.6 Å². The van der Waals surface area contributed by atoms with Gasteiger partial charge in [-0.15, -0.1) is 15.3 Å². The third kappa shape index (κ3) is 4.81. The molecule has 0 bridgehead atoms. The molecule has 10 heteroatoms. The number of anilines is 2. The van der Waals surface area contributed by atoms with Gasteiger partial charge in [-0.3, -0.25) is 14.7 Å². The van der Waals surface area contributed by atoms with Crippen molar-refractivity contribution in [3.8, 4) is 5.69 Å². The number of hydrogen-bond donors (Lipinski definition) is 2. The van der Waals surface area contributed by atoms with Crippen molar-refractivity contribution in [2.75, 3.05) is 29.1 Å². The summed E-state index contributed by atoms with van der Waals surface area (Å²) >= 11 is 1.33. The molecule has 0 unspecified atom stereocenters. The van der Waals surface area contributed by atoms with Gasteiger partial charge in [-0.25, -0.2) is 5.10 Å². The van der Waals surface area contributed by atoms with Crippen LogP contribution >= 0.6 is 11.8 Å². The minimum Gasteiger partial charge on any atom is -0.340 e. The number of aromatic amines is 1. The molecule has 1 aliphatic rings. The molecule has 0 atom stereocenters. The fourth-order valence-corrected chi connectivity index (χ4v) is 4.09. The van der Waals surface area contributed by atoms with Crippen LogP contribution in [0.3, 0.4) is 0 Å². The van der Waals surface area contributed by atoms with Crippen molar-refractivity contribution in [2.24, 2.45) is 0 Å². The first kappa shape index (κ1) is 20.4. The van der Waals surface area contributed by atoms with E-state index >= 15 is 0 Å². The largest absolute Gasteiger partial charge is 0.340 e. The number of rotatable bonds is 7. The number of thioether (sulfide) groups is 1. The van der Waals surface area contributed by atoms with Gasteiger partial charge in [0, 0.05) is 18.8 Å². The Hall–Kier alpha value is -2.88. The van der Waals surface area contributed by atoms with Crippen LogP contribution in [0, 0.1) is 0 Å². The van der Waals surface area contributed by atoms with Crippen LogP contribution in [0.4, 0.5) is 11.9 Å². The van der Waals surface area contributed by atoms with Crippen molar-refractivity contribution < 1.29 is 4.79 Å². The minimum absolute atomic E-state index is 0.175. The van der Waals surface area contributed by atoms with E-state index in [0.29, 0.717) is 23.0 Å². The van der Waals surface area contributed by atoms with Gasteiger partial charge in [-0.2, -0.15) is 4.98 Å². The van der Waals surface area contributed by atoms with Gasteiger partial charge in [0.05, 0.1) is 5.75 Å². The summed E-state index contributed by atoms with van der Waals surface area (Å²) in [6.45, 7) is 6.24. The van der Waals surface area contributed by atoms with Gasteiger partial charge in [0.1, 0.15) is 6.33 Å². The van der Waals surface area contributed by atoms with E-state index in [1.54, 1.807) is 6.33 Å². The highest BCUT2D eigenvalue weighted by molar-refractivity contribution is 7.99. The third-order valence-corrected chi connectivity index (χ3v) is 6.00. The lowest BCUT2D eigenvalue weighted by molar-refractivity contribution is -0.113. The number of hydrogen-bond acceptors (Lipinski definition) is 7. The first-order valence-electron chi connectivity index (χ1n) is 10.2. The number of nitrogens with one attached hydrogen (secondary N) is 2. The highest BCUT2D eigenvalue weighted by Crippen LogP contribution is 2.22. The molecule has 1 aromatic carbocycles. The van der Waals surface area contributed by atoms with Crippen LogP contribution in [-0.2, 0) is 4.79 Å². The Balaban J connectivity index is 1.34. The van der Waals surface area contributed by atoms with E-state index < -0.39 is 0 Å². The predicted octanol–water partition coefficient (Wildman–Crippen LogP) is 3.23. The molecule has 1 saturated heterocycles. The molecule has 2 N–H and O–H groups in total. The van der Waals surface area contributed by atoms with Crippen molar-refractivity contribution in [1.29, 1.82) is 0 Å². The predicted molar refractivity (Wildman–Crippen MR) is 117 cm³/mol. The molecular formula is C20H26N8OS. The van der Waals surface area contributed by atoms with E-state index in [1.165, 1.54) is 23.7 Å². The molecule has 9 nitrogen and oxygen atoms in total. The monoisotopic (exact) mass is 426 g/mol. The quantitative estimate of drug-likeness (QED) is 0.559. The molecule has 1 amide bonds. The molecular weight excluding hydrogens is 400 g/mol. The molecule has 3 aromatic rings. The zero-order valence-corrected chi connectivity index (χ0v) is 18.0. The summed E-state index contributed by atoms with van der Waals surface area (Å²) in [5.74, 6) is 1.51. The summed E-state index contributed by atoms with van der Waals surface area (Å²) in [5.41, 5.74) is 2.24. The standard InChI is InChI=1S/C20H26N8OS/c1-14(2)15-6-8-16(9-7-15)28-13-21-26-20(28)30-12-17(29)22-18-23-19(25-24-18)27-10-4-3-5-11-27/h6-9,13-14H,3-5,10-12H2,1-2H3,(H2,22,23,24,25,29). The first-order valence-corrected chi connectivity index (χ1v) is 11.2.